The van der Waals surface area contributed by atoms with E-state index >= 15 is 0 Å². The maximum Gasteiger partial charge on any atom is 0.245 e. The van der Waals surface area contributed by atoms with Crippen molar-refractivity contribution < 1.29 is 29.1 Å². The molecule has 3 aromatic rings. The number of rotatable bonds is 8. The van der Waals surface area contributed by atoms with Gasteiger partial charge in [-0.3, -0.25) is 29.0 Å². The lowest BCUT2D eigenvalue weighted by Crippen LogP contribution is -2.57. The zero-order chi connectivity index (χ0) is 34.8. The van der Waals surface area contributed by atoms with Crippen LogP contribution in [0.1, 0.15) is 30.9 Å². The minimum atomic E-state index is -1.11. The summed E-state index contributed by atoms with van der Waals surface area (Å²) in [6, 6.07) is 15.2. The summed E-state index contributed by atoms with van der Waals surface area (Å²) in [5, 5.41) is 22.4. The number of amides is 5. The summed E-state index contributed by atoms with van der Waals surface area (Å²) in [5.74, 6) is -3.16. The van der Waals surface area contributed by atoms with Gasteiger partial charge >= 0.3 is 0 Å². The molecule has 14 heteroatoms. The summed E-state index contributed by atoms with van der Waals surface area (Å²) in [4.78, 5) is 72.7. The number of aliphatic imine (C=N–C) groups is 1. The first-order valence-electron chi connectivity index (χ1n) is 15.7. The standard InChI is InChI=1S/C34H42N8O6/c1-20-30(45)40-26(8-5-15-37-34(35)36)32(47)41-27(18-22-9-12-23-6-3-4-7-24(23)16-22)31(46)38-19-29(44)39-28(33(48)42(20)2)17-21-10-13-25(43)14-11-21/h3-4,6-7,9-14,16,20,26-28,43H,5,8,15,17-19H2,1-2H3,(H,38,46)(H,39,44)(H,40,45)(H,41,47)(H4,35,36,37)/t20-,26-,27-,28+/m0/s1. The van der Waals surface area contributed by atoms with Gasteiger partial charge in [0, 0.05) is 26.4 Å². The fraction of sp³-hybridized carbons (Fsp3) is 0.353. The maximum atomic E-state index is 13.7. The van der Waals surface area contributed by atoms with E-state index in [1.807, 2.05) is 42.5 Å². The molecule has 1 heterocycles. The smallest absolute Gasteiger partial charge is 0.245 e. The SMILES string of the molecule is C[C@H]1C(=O)N[C@@H](CCCN=C(N)N)C(=O)N[C@@H](Cc2ccc3ccccc3c2)C(=O)NCC(=O)N[C@H](Cc2ccc(O)cc2)C(=O)N1C. The van der Waals surface area contributed by atoms with E-state index in [9.17, 15) is 29.1 Å². The number of benzene rings is 3. The maximum absolute atomic E-state index is 13.7. The van der Waals surface area contributed by atoms with E-state index in [-0.39, 0.29) is 37.5 Å². The normalized spacial score (nSPS) is 21.3. The Morgan fingerprint density at radius 3 is 2.17 bits per heavy atom. The fourth-order valence-electron chi connectivity index (χ4n) is 5.36. The van der Waals surface area contributed by atoms with Crippen LogP contribution in [0, 0.1) is 0 Å². The molecular formula is C34H42N8O6. The molecule has 1 saturated heterocycles. The van der Waals surface area contributed by atoms with Crippen LogP contribution in [-0.2, 0) is 36.8 Å². The van der Waals surface area contributed by atoms with Gasteiger partial charge in [0.15, 0.2) is 5.96 Å². The third kappa shape index (κ3) is 9.67. The lowest BCUT2D eigenvalue weighted by molar-refractivity contribution is -0.142. The van der Waals surface area contributed by atoms with Gasteiger partial charge in [-0.15, -0.1) is 0 Å². The molecule has 14 nitrogen and oxygen atoms in total. The van der Waals surface area contributed by atoms with Gasteiger partial charge in [-0.1, -0.05) is 54.6 Å². The van der Waals surface area contributed by atoms with E-state index in [2.05, 4.69) is 26.3 Å². The van der Waals surface area contributed by atoms with Crippen molar-refractivity contribution in [2.45, 2.75) is 56.8 Å². The molecule has 0 radical (unpaired) electrons. The minimum Gasteiger partial charge on any atom is -0.508 e. The molecule has 1 aliphatic heterocycles. The molecule has 9 N–H and O–H groups in total. The number of phenolic OH excluding ortho intramolecular Hbond substituents is 1. The van der Waals surface area contributed by atoms with Gasteiger partial charge in [0.1, 0.15) is 29.9 Å². The van der Waals surface area contributed by atoms with Crippen LogP contribution in [0.2, 0.25) is 0 Å². The van der Waals surface area contributed by atoms with Crippen LogP contribution in [0.15, 0.2) is 71.7 Å². The van der Waals surface area contributed by atoms with Crippen LogP contribution >= 0.6 is 0 Å². The quantitative estimate of drug-likeness (QED) is 0.0975. The highest BCUT2D eigenvalue weighted by Gasteiger charge is 2.33. The van der Waals surface area contributed by atoms with Crippen LogP contribution in [0.5, 0.6) is 5.75 Å². The third-order valence-corrected chi connectivity index (χ3v) is 8.21. The van der Waals surface area contributed by atoms with Crippen LogP contribution in [0.25, 0.3) is 10.8 Å². The van der Waals surface area contributed by atoms with Crippen LogP contribution in [0.4, 0.5) is 0 Å². The molecule has 1 aliphatic rings. The first-order valence-corrected chi connectivity index (χ1v) is 15.7. The Morgan fingerprint density at radius 2 is 1.46 bits per heavy atom. The highest BCUT2D eigenvalue weighted by molar-refractivity contribution is 5.97. The molecule has 0 aromatic heterocycles. The predicted octanol–water partition coefficient (Wildman–Crippen LogP) is -0.185. The molecule has 0 spiro atoms. The fourth-order valence-corrected chi connectivity index (χ4v) is 5.36. The van der Waals surface area contributed by atoms with E-state index in [4.69, 9.17) is 11.5 Å². The Morgan fingerprint density at radius 1 is 0.812 bits per heavy atom. The van der Waals surface area contributed by atoms with Gasteiger partial charge in [0.25, 0.3) is 0 Å². The monoisotopic (exact) mass is 658 g/mol. The van der Waals surface area contributed by atoms with Crippen LogP contribution in [-0.4, -0.2) is 89.8 Å². The van der Waals surface area contributed by atoms with E-state index < -0.39 is 60.2 Å². The second-order valence-electron chi connectivity index (χ2n) is 11.8. The number of nitrogens with two attached hydrogens (primary N) is 2. The van der Waals surface area contributed by atoms with Gasteiger partial charge in [-0.05, 0) is 53.8 Å². The zero-order valence-corrected chi connectivity index (χ0v) is 26.9. The Bertz CT molecular complexity index is 1670. The molecule has 3 aromatic carbocycles. The number of fused-ring (bicyclic) bond motifs is 1. The molecule has 4 rings (SSSR count). The van der Waals surface area contributed by atoms with Crippen molar-refractivity contribution in [2.75, 3.05) is 20.1 Å². The lowest BCUT2D eigenvalue weighted by Gasteiger charge is -2.30. The van der Waals surface area contributed by atoms with Crippen molar-refractivity contribution in [3.8, 4) is 5.75 Å². The van der Waals surface area contributed by atoms with Crippen LogP contribution in [0.3, 0.4) is 0 Å². The van der Waals surface area contributed by atoms with Gasteiger partial charge in [0.05, 0.1) is 6.54 Å². The largest absolute Gasteiger partial charge is 0.508 e. The number of nitrogens with zero attached hydrogens (tertiary/aromatic N) is 2. The Hall–Kier alpha value is -5.66. The molecule has 48 heavy (non-hydrogen) atoms. The molecule has 0 aliphatic carbocycles. The number of likely N-dealkylation sites (N-methyl/N-ethyl adjacent to an activating group) is 1. The van der Waals surface area contributed by atoms with Crippen molar-refractivity contribution >= 4 is 46.3 Å². The second-order valence-corrected chi connectivity index (χ2v) is 11.8. The van der Waals surface area contributed by atoms with Gasteiger partial charge in [0.2, 0.25) is 29.5 Å². The third-order valence-electron chi connectivity index (χ3n) is 8.21. The van der Waals surface area contributed by atoms with Crippen molar-refractivity contribution in [3.05, 3.63) is 77.9 Å². The lowest BCUT2D eigenvalue weighted by atomic mass is 10.0. The van der Waals surface area contributed by atoms with Gasteiger partial charge in [-0.25, -0.2) is 0 Å². The van der Waals surface area contributed by atoms with Crippen molar-refractivity contribution in [1.29, 1.82) is 0 Å². The summed E-state index contributed by atoms with van der Waals surface area (Å²) in [5.41, 5.74) is 12.3. The number of hydrogen-bond donors (Lipinski definition) is 7. The number of phenols is 1. The summed E-state index contributed by atoms with van der Waals surface area (Å²) in [7, 11) is 1.43. The highest BCUT2D eigenvalue weighted by atomic mass is 16.3. The molecule has 5 amide bonds. The minimum absolute atomic E-state index is 0.0376. The number of hydrogen-bond acceptors (Lipinski definition) is 7. The molecule has 1 fully saturated rings. The summed E-state index contributed by atoms with van der Waals surface area (Å²) in [6.45, 7) is 1.23. The van der Waals surface area contributed by atoms with Crippen molar-refractivity contribution in [1.82, 2.24) is 26.2 Å². The molecule has 0 saturated carbocycles. The van der Waals surface area contributed by atoms with E-state index in [0.717, 1.165) is 16.3 Å². The van der Waals surface area contributed by atoms with E-state index in [1.165, 1.54) is 31.0 Å². The van der Waals surface area contributed by atoms with Gasteiger partial charge in [-0.2, -0.15) is 0 Å². The first kappa shape index (κ1) is 35.2. The number of carbonyl (C=O) groups is 5. The Kier molecular flexibility index (Phi) is 11.9. The number of carbonyl (C=O) groups excluding carboxylic acids is 5. The average Bonchev–Trinajstić information content (AvgIpc) is 3.07. The average molecular weight is 659 g/mol. The molecule has 0 unspecified atom stereocenters. The second kappa shape index (κ2) is 16.3. The zero-order valence-electron chi connectivity index (χ0n) is 26.9. The summed E-state index contributed by atoms with van der Waals surface area (Å²) < 4.78 is 0. The summed E-state index contributed by atoms with van der Waals surface area (Å²) >= 11 is 0. The molecule has 0 bridgehead atoms. The number of aromatic hydroxyl groups is 1. The number of guanidine groups is 1. The highest BCUT2D eigenvalue weighted by Crippen LogP contribution is 2.18. The number of nitrogens with one attached hydrogen (secondary N) is 4. The predicted molar refractivity (Wildman–Crippen MR) is 180 cm³/mol. The first-order chi connectivity index (χ1) is 22.9. The molecule has 4 atom stereocenters. The van der Waals surface area contributed by atoms with Crippen molar-refractivity contribution in [3.63, 3.8) is 0 Å². The van der Waals surface area contributed by atoms with Crippen LogP contribution < -0.4 is 32.7 Å². The van der Waals surface area contributed by atoms with E-state index in [0.29, 0.717) is 12.0 Å². The molecular weight excluding hydrogens is 616 g/mol. The van der Waals surface area contributed by atoms with Gasteiger partial charge < -0.3 is 42.7 Å². The molecule has 254 valence electrons. The topological polar surface area (TPSA) is 221 Å². The Labute approximate surface area is 278 Å². The summed E-state index contributed by atoms with van der Waals surface area (Å²) in [6.07, 6.45) is 0.607. The van der Waals surface area contributed by atoms with E-state index in [1.54, 1.807) is 12.1 Å². The van der Waals surface area contributed by atoms with Crippen molar-refractivity contribution in [2.24, 2.45) is 16.5 Å². The Balaban J connectivity index is 1.64.